The minimum Gasteiger partial charge on any atom is -0.325 e. The van der Waals surface area contributed by atoms with Gasteiger partial charge >= 0.3 is 0 Å². The van der Waals surface area contributed by atoms with E-state index in [0.29, 0.717) is 6.54 Å². The van der Waals surface area contributed by atoms with Gasteiger partial charge in [0.1, 0.15) is 5.01 Å². The smallest absolute Gasteiger partial charge is 0.107 e. The van der Waals surface area contributed by atoms with Crippen molar-refractivity contribution in [2.75, 3.05) is 0 Å². The Hall–Kier alpha value is -0.450. The Balaban J connectivity index is 2.67. The van der Waals surface area contributed by atoms with E-state index in [1.807, 2.05) is 0 Å². The van der Waals surface area contributed by atoms with Crippen molar-refractivity contribution in [1.29, 1.82) is 0 Å². The molecule has 1 aromatic carbocycles. The number of hydrogen-bond acceptors (Lipinski definition) is 3. The minimum absolute atomic E-state index is 0.521. The number of fused-ring (bicyclic) bond motifs is 1. The maximum Gasteiger partial charge on any atom is 0.107 e. The molecule has 0 saturated carbocycles. The summed E-state index contributed by atoms with van der Waals surface area (Å²) in [5.74, 6) is 0. The van der Waals surface area contributed by atoms with Crippen molar-refractivity contribution < 1.29 is 0 Å². The summed E-state index contributed by atoms with van der Waals surface area (Å²) in [7, 11) is 0. The van der Waals surface area contributed by atoms with E-state index in [2.05, 4.69) is 40.0 Å². The number of aromatic nitrogens is 1. The second kappa shape index (κ2) is 3.96. The molecule has 0 bridgehead atoms. The van der Waals surface area contributed by atoms with Gasteiger partial charge in [0, 0.05) is 11.0 Å². The number of aryl methyl sites for hydroxylation is 1. The lowest BCUT2D eigenvalue weighted by Crippen LogP contribution is -1.93. The molecule has 0 amide bonds. The van der Waals surface area contributed by atoms with Crippen LogP contribution in [0.25, 0.3) is 10.2 Å². The zero-order valence-corrected chi connectivity index (χ0v) is 10.3. The summed E-state index contributed by atoms with van der Waals surface area (Å²) in [5, 5.41) is 0.994. The van der Waals surface area contributed by atoms with Gasteiger partial charge < -0.3 is 5.73 Å². The first kappa shape index (κ1) is 10.1. The predicted octanol–water partition coefficient (Wildman–Crippen LogP) is 3.08. The highest BCUT2D eigenvalue weighted by molar-refractivity contribution is 9.10. The van der Waals surface area contributed by atoms with Crippen LogP contribution in [0.5, 0.6) is 0 Å². The van der Waals surface area contributed by atoms with Crippen molar-refractivity contribution in [2.24, 2.45) is 5.73 Å². The molecular weight excluding hydrogens is 260 g/mol. The lowest BCUT2D eigenvalue weighted by Gasteiger charge is -1.97. The molecule has 0 atom stereocenters. The molecule has 1 heterocycles. The lowest BCUT2D eigenvalue weighted by atomic mass is 10.2. The zero-order valence-electron chi connectivity index (χ0n) is 7.88. The Morgan fingerprint density at radius 1 is 1.50 bits per heavy atom. The van der Waals surface area contributed by atoms with Gasteiger partial charge in [0.2, 0.25) is 0 Å². The zero-order chi connectivity index (χ0) is 10.1. The largest absolute Gasteiger partial charge is 0.325 e. The Labute approximate surface area is 95.3 Å². The van der Waals surface area contributed by atoms with Crippen molar-refractivity contribution in [3.8, 4) is 0 Å². The third-order valence-electron chi connectivity index (χ3n) is 2.14. The van der Waals surface area contributed by atoms with Gasteiger partial charge in [-0.2, -0.15) is 0 Å². The number of rotatable bonds is 2. The van der Waals surface area contributed by atoms with E-state index >= 15 is 0 Å². The van der Waals surface area contributed by atoms with Gasteiger partial charge in [0.05, 0.1) is 10.2 Å². The third kappa shape index (κ3) is 1.69. The number of nitrogens with zero attached hydrogens (tertiary/aromatic N) is 1. The second-order valence-electron chi connectivity index (χ2n) is 3.09. The first-order valence-corrected chi connectivity index (χ1v) is 6.13. The first-order valence-electron chi connectivity index (χ1n) is 4.52. The molecule has 0 aliphatic rings. The van der Waals surface area contributed by atoms with Crippen LogP contribution < -0.4 is 5.73 Å². The lowest BCUT2D eigenvalue weighted by molar-refractivity contribution is 1.05. The average Bonchev–Trinajstić information content (AvgIpc) is 2.61. The van der Waals surface area contributed by atoms with Gasteiger partial charge in [-0.25, -0.2) is 4.98 Å². The first-order chi connectivity index (χ1) is 6.74. The molecular formula is C10H11BrN2S. The number of benzene rings is 1. The Morgan fingerprint density at radius 3 is 2.93 bits per heavy atom. The van der Waals surface area contributed by atoms with Crippen molar-refractivity contribution in [2.45, 2.75) is 19.9 Å². The van der Waals surface area contributed by atoms with Crippen LogP contribution in [0.15, 0.2) is 16.6 Å². The predicted molar refractivity (Wildman–Crippen MR) is 64.6 cm³/mol. The van der Waals surface area contributed by atoms with Crippen LogP contribution >= 0.6 is 27.3 Å². The van der Waals surface area contributed by atoms with E-state index in [0.717, 1.165) is 21.4 Å². The number of thiazole rings is 1. The van der Waals surface area contributed by atoms with Crippen LogP contribution in [-0.4, -0.2) is 4.98 Å². The van der Waals surface area contributed by atoms with Crippen LogP contribution in [-0.2, 0) is 13.0 Å². The molecule has 2 nitrogen and oxygen atoms in total. The van der Waals surface area contributed by atoms with Gasteiger partial charge in [0.15, 0.2) is 0 Å². The van der Waals surface area contributed by atoms with Crippen LogP contribution in [0, 0.1) is 0 Å². The van der Waals surface area contributed by atoms with Crippen LogP contribution in [0.1, 0.15) is 17.5 Å². The van der Waals surface area contributed by atoms with Crippen LogP contribution in [0.3, 0.4) is 0 Å². The topological polar surface area (TPSA) is 38.9 Å². The molecule has 0 spiro atoms. The fraction of sp³-hybridized carbons (Fsp3) is 0.300. The van der Waals surface area contributed by atoms with E-state index in [9.17, 15) is 0 Å². The van der Waals surface area contributed by atoms with E-state index in [1.54, 1.807) is 11.3 Å². The summed E-state index contributed by atoms with van der Waals surface area (Å²) in [6.45, 7) is 2.67. The molecule has 0 aliphatic heterocycles. The number of hydrogen-bond donors (Lipinski definition) is 1. The average molecular weight is 271 g/mol. The van der Waals surface area contributed by atoms with Crippen molar-refractivity contribution >= 4 is 37.5 Å². The van der Waals surface area contributed by atoms with Gasteiger partial charge in [-0.3, -0.25) is 0 Å². The number of nitrogens with two attached hydrogens (primary N) is 1. The quantitative estimate of drug-likeness (QED) is 0.911. The SMILES string of the molecule is CCc1cc(Br)c2nc(CN)sc2c1. The summed E-state index contributed by atoms with van der Waals surface area (Å²) in [6, 6.07) is 4.32. The standard InChI is InChI=1S/C10H11BrN2S/c1-2-6-3-7(11)10-8(4-6)14-9(5-12)13-10/h3-4H,2,5,12H2,1H3. The van der Waals surface area contributed by atoms with E-state index in [4.69, 9.17) is 5.73 Å². The summed E-state index contributed by atoms with van der Waals surface area (Å²) in [5.41, 5.74) is 7.93. The third-order valence-corrected chi connectivity index (χ3v) is 3.76. The van der Waals surface area contributed by atoms with Crippen LogP contribution in [0.4, 0.5) is 0 Å². The molecule has 14 heavy (non-hydrogen) atoms. The maximum atomic E-state index is 5.57. The Bertz CT molecular complexity index is 464. The van der Waals surface area contributed by atoms with Gasteiger partial charge in [-0.05, 0) is 40.0 Å². The molecule has 0 radical (unpaired) electrons. The molecule has 0 saturated heterocycles. The van der Waals surface area contributed by atoms with Gasteiger partial charge in [0.25, 0.3) is 0 Å². The minimum atomic E-state index is 0.521. The summed E-state index contributed by atoms with van der Waals surface area (Å²) in [6.07, 6.45) is 1.05. The highest BCUT2D eigenvalue weighted by Crippen LogP contribution is 2.30. The molecule has 0 aliphatic carbocycles. The highest BCUT2D eigenvalue weighted by Gasteiger charge is 2.07. The molecule has 74 valence electrons. The monoisotopic (exact) mass is 270 g/mol. The Morgan fingerprint density at radius 2 is 2.29 bits per heavy atom. The molecule has 1 aromatic heterocycles. The van der Waals surface area contributed by atoms with E-state index in [-0.39, 0.29) is 0 Å². The highest BCUT2D eigenvalue weighted by atomic mass is 79.9. The maximum absolute atomic E-state index is 5.57. The fourth-order valence-corrected chi connectivity index (χ4v) is 3.04. The summed E-state index contributed by atoms with van der Waals surface area (Å²) < 4.78 is 2.29. The van der Waals surface area contributed by atoms with Gasteiger partial charge in [-0.1, -0.05) is 6.92 Å². The summed E-state index contributed by atoms with van der Waals surface area (Å²) in [4.78, 5) is 4.45. The van der Waals surface area contributed by atoms with E-state index < -0.39 is 0 Å². The Kier molecular flexibility index (Phi) is 2.85. The molecule has 2 rings (SSSR count). The van der Waals surface area contributed by atoms with Crippen molar-refractivity contribution in [1.82, 2.24) is 4.98 Å². The number of halogens is 1. The molecule has 2 aromatic rings. The van der Waals surface area contributed by atoms with Crippen molar-refractivity contribution in [3.05, 3.63) is 27.2 Å². The molecule has 4 heteroatoms. The molecule has 0 fully saturated rings. The van der Waals surface area contributed by atoms with E-state index in [1.165, 1.54) is 10.3 Å². The van der Waals surface area contributed by atoms with Gasteiger partial charge in [-0.15, -0.1) is 11.3 Å². The van der Waals surface area contributed by atoms with Crippen LogP contribution in [0.2, 0.25) is 0 Å². The normalized spacial score (nSPS) is 11.1. The molecule has 0 unspecified atom stereocenters. The summed E-state index contributed by atoms with van der Waals surface area (Å²) >= 11 is 5.21. The second-order valence-corrected chi connectivity index (χ2v) is 5.06. The fourth-order valence-electron chi connectivity index (χ4n) is 1.38. The molecule has 2 N–H and O–H groups in total. The van der Waals surface area contributed by atoms with Crippen molar-refractivity contribution in [3.63, 3.8) is 0 Å².